The van der Waals surface area contributed by atoms with E-state index < -0.39 is 0 Å². The van der Waals surface area contributed by atoms with Gasteiger partial charge in [0.2, 0.25) is 17.5 Å². The van der Waals surface area contributed by atoms with Crippen molar-refractivity contribution in [3.8, 4) is 23.0 Å². The van der Waals surface area contributed by atoms with E-state index in [0.717, 1.165) is 11.3 Å². The molecule has 3 rings (SSSR count). The zero-order chi connectivity index (χ0) is 15.0. The van der Waals surface area contributed by atoms with Crippen LogP contribution in [0, 0.1) is 13.8 Å². The minimum absolute atomic E-state index is 0.483. The molecule has 0 unspecified atom stereocenters. The summed E-state index contributed by atoms with van der Waals surface area (Å²) < 4.78 is 12.4. The second-order valence-corrected chi connectivity index (χ2v) is 4.96. The van der Waals surface area contributed by atoms with E-state index in [0.29, 0.717) is 17.5 Å². The summed E-state index contributed by atoms with van der Waals surface area (Å²) in [6, 6.07) is 8.04. The van der Waals surface area contributed by atoms with E-state index in [1.807, 2.05) is 10.6 Å². The van der Waals surface area contributed by atoms with Crippen LogP contribution in [0.25, 0.3) is 17.0 Å². The van der Waals surface area contributed by atoms with Crippen LogP contribution in [0.5, 0.6) is 11.8 Å². The first kappa shape index (κ1) is 13.4. The van der Waals surface area contributed by atoms with Crippen molar-refractivity contribution in [3.05, 3.63) is 41.6 Å². The molecule has 21 heavy (non-hydrogen) atoms. The van der Waals surface area contributed by atoms with Gasteiger partial charge in [-0.3, -0.25) is 4.40 Å². The lowest BCUT2D eigenvalue weighted by Gasteiger charge is -2.05. The molecule has 0 aliphatic rings. The standard InChI is InChI=1S/C16H17N3O2/c1-10-5-6-12(11(2)7-10)13-9-19-15(21-4)8-14(20-3)18-16(19)17-13/h5-9H,1-4H3. The molecule has 108 valence electrons. The Kier molecular flexibility index (Phi) is 3.25. The van der Waals surface area contributed by atoms with E-state index in [4.69, 9.17) is 9.47 Å². The Bertz CT molecular complexity index is 809. The number of benzene rings is 1. The maximum atomic E-state index is 5.37. The lowest BCUT2D eigenvalue weighted by atomic mass is 10.0. The summed E-state index contributed by atoms with van der Waals surface area (Å²) in [6.45, 7) is 4.16. The summed E-state index contributed by atoms with van der Waals surface area (Å²) in [6.07, 6.45) is 1.93. The first-order chi connectivity index (χ1) is 10.1. The molecule has 0 atom stereocenters. The molecule has 0 aliphatic heterocycles. The number of hydrogen-bond donors (Lipinski definition) is 0. The van der Waals surface area contributed by atoms with Gasteiger partial charge < -0.3 is 9.47 Å². The fraction of sp³-hybridized carbons (Fsp3) is 0.250. The number of fused-ring (bicyclic) bond motifs is 1. The Hall–Kier alpha value is -2.56. The predicted octanol–water partition coefficient (Wildman–Crippen LogP) is 3.03. The molecule has 0 amide bonds. The molecule has 0 saturated carbocycles. The number of ether oxygens (including phenoxy) is 2. The molecule has 1 aromatic carbocycles. The number of rotatable bonds is 3. The van der Waals surface area contributed by atoms with E-state index >= 15 is 0 Å². The number of nitrogens with zero attached hydrogens (tertiary/aromatic N) is 3. The minimum atomic E-state index is 0.483. The van der Waals surface area contributed by atoms with Crippen LogP contribution in [0.2, 0.25) is 0 Å². The molecule has 0 radical (unpaired) electrons. The highest BCUT2D eigenvalue weighted by Gasteiger charge is 2.12. The lowest BCUT2D eigenvalue weighted by molar-refractivity contribution is 0.369. The van der Waals surface area contributed by atoms with Crippen molar-refractivity contribution < 1.29 is 9.47 Å². The molecular weight excluding hydrogens is 266 g/mol. The molecule has 0 saturated heterocycles. The summed E-state index contributed by atoms with van der Waals surface area (Å²) in [5, 5.41) is 0. The topological polar surface area (TPSA) is 48.7 Å². The molecule has 0 aliphatic carbocycles. The highest BCUT2D eigenvalue weighted by molar-refractivity contribution is 5.66. The van der Waals surface area contributed by atoms with Crippen molar-refractivity contribution in [2.45, 2.75) is 13.8 Å². The predicted molar refractivity (Wildman–Crippen MR) is 81.0 cm³/mol. The van der Waals surface area contributed by atoms with Crippen LogP contribution in [0.1, 0.15) is 11.1 Å². The van der Waals surface area contributed by atoms with Gasteiger partial charge in [0, 0.05) is 11.8 Å². The summed E-state index contributed by atoms with van der Waals surface area (Å²) in [4.78, 5) is 8.93. The van der Waals surface area contributed by atoms with E-state index in [9.17, 15) is 0 Å². The summed E-state index contributed by atoms with van der Waals surface area (Å²) in [7, 11) is 3.19. The van der Waals surface area contributed by atoms with E-state index in [2.05, 4.69) is 42.0 Å². The van der Waals surface area contributed by atoms with Gasteiger partial charge in [-0.15, -0.1) is 0 Å². The van der Waals surface area contributed by atoms with Gasteiger partial charge in [0.1, 0.15) is 0 Å². The van der Waals surface area contributed by atoms with Crippen LogP contribution in [-0.2, 0) is 0 Å². The Morgan fingerprint density at radius 3 is 2.48 bits per heavy atom. The van der Waals surface area contributed by atoms with Crippen LogP contribution in [0.3, 0.4) is 0 Å². The largest absolute Gasteiger partial charge is 0.482 e. The smallest absolute Gasteiger partial charge is 0.240 e. The Balaban J connectivity index is 2.20. The summed E-state index contributed by atoms with van der Waals surface area (Å²) in [5.41, 5.74) is 4.38. The van der Waals surface area contributed by atoms with Crippen molar-refractivity contribution in [1.82, 2.24) is 14.4 Å². The molecule has 5 nitrogen and oxygen atoms in total. The monoisotopic (exact) mass is 283 g/mol. The van der Waals surface area contributed by atoms with Gasteiger partial charge in [-0.05, 0) is 19.4 Å². The van der Waals surface area contributed by atoms with Gasteiger partial charge in [-0.1, -0.05) is 23.8 Å². The summed E-state index contributed by atoms with van der Waals surface area (Å²) >= 11 is 0. The number of hydrogen-bond acceptors (Lipinski definition) is 4. The van der Waals surface area contributed by atoms with Gasteiger partial charge in [-0.25, -0.2) is 4.98 Å². The molecule has 0 fully saturated rings. The fourth-order valence-electron chi connectivity index (χ4n) is 2.41. The Labute approximate surface area is 123 Å². The van der Waals surface area contributed by atoms with Gasteiger partial charge in [0.25, 0.3) is 0 Å². The highest BCUT2D eigenvalue weighted by Crippen LogP contribution is 2.27. The van der Waals surface area contributed by atoms with Gasteiger partial charge in [0.15, 0.2) is 0 Å². The first-order valence-corrected chi connectivity index (χ1v) is 6.68. The molecule has 0 N–H and O–H groups in total. The van der Waals surface area contributed by atoms with Crippen molar-refractivity contribution >= 4 is 5.78 Å². The first-order valence-electron chi connectivity index (χ1n) is 6.68. The maximum Gasteiger partial charge on any atom is 0.240 e. The normalized spacial score (nSPS) is 10.9. The Morgan fingerprint density at radius 1 is 1.00 bits per heavy atom. The molecular formula is C16H17N3O2. The number of imidazole rings is 1. The summed E-state index contributed by atoms with van der Waals surface area (Å²) in [5.74, 6) is 1.68. The second-order valence-electron chi connectivity index (χ2n) is 4.96. The number of aryl methyl sites for hydroxylation is 2. The third-order valence-electron chi connectivity index (χ3n) is 3.46. The SMILES string of the molecule is COc1cc(OC)n2cc(-c3ccc(C)cc3C)nc2n1. The Morgan fingerprint density at radius 2 is 1.81 bits per heavy atom. The van der Waals surface area contributed by atoms with Crippen LogP contribution >= 0.6 is 0 Å². The molecule has 0 spiro atoms. The van der Waals surface area contributed by atoms with Crippen LogP contribution in [-0.4, -0.2) is 28.6 Å². The van der Waals surface area contributed by atoms with Crippen LogP contribution in [0.4, 0.5) is 0 Å². The number of methoxy groups -OCH3 is 2. The number of aromatic nitrogens is 3. The van der Waals surface area contributed by atoms with Crippen LogP contribution in [0.15, 0.2) is 30.5 Å². The third-order valence-corrected chi connectivity index (χ3v) is 3.46. The molecule has 2 aromatic heterocycles. The highest BCUT2D eigenvalue weighted by atomic mass is 16.5. The third kappa shape index (κ3) is 2.31. The zero-order valence-corrected chi connectivity index (χ0v) is 12.5. The van der Waals surface area contributed by atoms with Crippen molar-refractivity contribution in [2.24, 2.45) is 0 Å². The second kappa shape index (κ2) is 5.09. The quantitative estimate of drug-likeness (QED) is 0.741. The minimum Gasteiger partial charge on any atom is -0.482 e. The molecule has 2 heterocycles. The molecule has 3 aromatic rings. The molecule has 5 heteroatoms. The fourth-order valence-corrected chi connectivity index (χ4v) is 2.41. The van der Waals surface area contributed by atoms with E-state index in [-0.39, 0.29) is 0 Å². The van der Waals surface area contributed by atoms with Crippen LogP contribution < -0.4 is 9.47 Å². The van der Waals surface area contributed by atoms with Gasteiger partial charge >= 0.3 is 0 Å². The van der Waals surface area contributed by atoms with Crippen molar-refractivity contribution in [2.75, 3.05) is 14.2 Å². The average Bonchev–Trinajstić information content (AvgIpc) is 2.89. The molecule has 0 bridgehead atoms. The van der Waals surface area contributed by atoms with E-state index in [1.54, 1.807) is 20.3 Å². The van der Waals surface area contributed by atoms with Gasteiger partial charge in [-0.2, -0.15) is 4.98 Å². The zero-order valence-electron chi connectivity index (χ0n) is 12.5. The average molecular weight is 283 g/mol. The lowest BCUT2D eigenvalue weighted by Crippen LogP contribution is -1.97. The van der Waals surface area contributed by atoms with Crippen molar-refractivity contribution in [3.63, 3.8) is 0 Å². The van der Waals surface area contributed by atoms with Crippen molar-refractivity contribution in [1.29, 1.82) is 0 Å². The maximum absolute atomic E-state index is 5.37. The van der Waals surface area contributed by atoms with Gasteiger partial charge in [0.05, 0.1) is 26.0 Å². The van der Waals surface area contributed by atoms with E-state index in [1.165, 1.54) is 11.1 Å².